The van der Waals surface area contributed by atoms with Gasteiger partial charge in [0.1, 0.15) is 22.7 Å². The summed E-state index contributed by atoms with van der Waals surface area (Å²) >= 11 is 0. The van der Waals surface area contributed by atoms with Crippen molar-refractivity contribution in [1.82, 2.24) is 15.0 Å². The van der Waals surface area contributed by atoms with Gasteiger partial charge in [0.2, 0.25) is 0 Å². The van der Waals surface area contributed by atoms with Gasteiger partial charge in [0.25, 0.3) is 0 Å². The monoisotopic (exact) mass is 729 g/mol. The molecular formula is C52H31N3O2. The largest absolute Gasteiger partial charge is 0.457 e. The van der Waals surface area contributed by atoms with Gasteiger partial charge in [-0.05, 0) is 63.7 Å². The summed E-state index contributed by atoms with van der Waals surface area (Å²) in [5.41, 5.74) is 12.9. The topological polar surface area (TPSA) is 61.0 Å². The molecule has 1 spiro atoms. The second kappa shape index (κ2) is 12.2. The lowest BCUT2D eigenvalue weighted by molar-refractivity contribution is 0.436. The number of furan rings is 1. The number of benzene rings is 8. The molecule has 12 rings (SSSR count). The first-order valence-corrected chi connectivity index (χ1v) is 19.2. The molecule has 3 heterocycles. The molecule has 2 aromatic heterocycles. The summed E-state index contributed by atoms with van der Waals surface area (Å²) in [7, 11) is 0. The molecule has 266 valence electrons. The lowest BCUT2D eigenvalue weighted by Gasteiger charge is -2.39. The minimum Gasteiger partial charge on any atom is -0.457 e. The van der Waals surface area contributed by atoms with Crippen LogP contribution >= 0.6 is 0 Å². The van der Waals surface area contributed by atoms with Crippen LogP contribution in [0.15, 0.2) is 192 Å². The Bertz CT molecular complexity index is 3160. The Morgan fingerprint density at radius 1 is 0.368 bits per heavy atom. The van der Waals surface area contributed by atoms with Crippen molar-refractivity contribution < 1.29 is 9.15 Å². The van der Waals surface area contributed by atoms with E-state index in [0.717, 1.165) is 83.5 Å². The fraction of sp³-hybridized carbons (Fsp3) is 0.0192. The average Bonchev–Trinajstić information content (AvgIpc) is 3.80. The van der Waals surface area contributed by atoms with E-state index in [2.05, 4.69) is 127 Å². The van der Waals surface area contributed by atoms with Gasteiger partial charge < -0.3 is 9.15 Å². The molecule has 5 nitrogen and oxygen atoms in total. The Kier molecular flexibility index (Phi) is 6.78. The van der Waals surface area contributed by atoms with E-state index in [9.17, 15) is 0 Å². The summed E-state index contributed by atoms with van der Waals surface area (Å²) in [6, 6.07) is 65.3. The predicted molar refractivity (Wildman–Crippen MR) is 226 cm³/mol. The molecule has 1 aliphatic heterocycles. The highest BCUT2D eigenvalue weighted by atomic mass is 16.5. The van der Waals surface area contributed by atoms with Gasteiger partial charge in [0.15, 0.2) is 17.5 Å². The van der Waals surface area contributed by atoms with Crippen LogP contribution in [-0.2, 0) is 5.41 Å². The second-order valence-corrected chi connectivity index (χ2v) is 14.7. The van der Waals surface area contributed by atoms with Gasteiger partial charge in [-0.25, -0.2) is 15.0 Å². The van der Waals surface area contributed by atoms with E-state index in [1.807, 2.05) is 60.7 Å². The highest BCUT2D eigenvalue weighted by Gasteiger charge is 2.52. The highest BCUT2D eigenvalue weighted by Crippen LogP contribution is 2.64. The lowest BCUT2D eigenvalue weighted by atomic mass is 9.66. The minimum atomic E-state index is -0.690. The van der Waals surface area contributed by atoms with Crippen LogP contribution in [0.2, 0.25) is 0 Å². The lowest BCUT2D eigenvalue weighted by Crippen LogP contribution is -2.32. The molecule has 0 radical (unpaired) electrons. The van der Waals surface area contributed by atoms with Crippen LogP contribution in [0.5, 0.6) is 11.5 Å². The van der Waals surface area contributed by atoms with Gasteiger partial charge in [0.05, 0.1) is 5.41 Å². The summed E-state index contributed by atoms with van der Waals surface area (Å²) in [6.07, 6.45) is 0. The van der Waals surface area contributed by atoms with E-state index < -0.39 is 5.41 Å². The quantitative estimate of drug-likeness (QED) is 0.180. The molecule has 0 saturated carbocycles. The molecule has 0 saturated heterocycles. The Balaban J connectivity index is 1.13. The van der Waals surface area contributed by atoms with Crippen LogP contribution in [0.4, 0.5) is 0 Å². The summed E-state index contributed by atoms with van der Waals surface area (Å²) in [6.45, 7) is 0. The maximum absolute atomic E-state index is 6.67. The maximum Gasteiger partial charge on any atom is 0.164 e. The van der Waals surface area contributed by atoms with Crippen molar-refractivity contribution in [1.29, 1.82) is 0 Å². The highest BCUT2D eigenvalue weighted by molar-refractivity contribution is 6.15. The number of para-hydroxylation sites is 3. The van der Waals surface area contributed by atoms with Gasteiger partial charge >= 0.3 is 0 Å². The Labute approximate surface area is 328 Å². The molecule has 57 heavy (non-hydrogen) atoms. The first-order chi connectivity index (χ1) is 28.2. The fourth-order valence-electron chi connectivity index (χ4n) is 9.13. The number of ether oxygens (including phenoxy) is 1. The van der Waals surface area contributed by atoms with E-state index in [4.69, 9.17) is 24.1 Å². The van der Waals surface area contributed by atoms with Gasteiger partial charge in [-0.3, -0.25) is 0 Å². The van der Waals surface area contributed by atoms with Crippen molar-refractivity contribution in [3.8, 4) is 67.9 Å². The number of hydrogen-bond donors (Lipinski definition) is 0. The zero-order chi connectivity index (χ0) is 37.5. The molecule has 5 heteroatoms. The van der Waals surface area contributed by atoms with Crippen LogP contribution in [0.1, 0.15) is 22.3 Å². The van der Waals surface area contributed by atoms with Crippen LogP contribution in [-0.4, -0.2) is 15.0 Å². The maximum atomic E-state index is 6.67. The molecule has 10 aromatic rings. The summed E-state index contributed by atoms with van der Waals surface area (Å²) < 4.78 is 13.2. The molecule has 0 N–H and O–H groups in total. The van der Waals surface area contributed by atoms with Crippen LogP contribution in [0.25, 0.3) is 78.4 Å². The number of rotatable bonds is 4. The molecule has 0 fully saturated rings. The SMILES string of the molecule is c1ccc(-c2ccc(-c3nc(-c4ccccc4)nc(-c4ccc5c(c4)C4(c6ccccc6Oc6ccccc64)c4ccc6oc7ccccc7c6c4-5)n3)cc2)cc1. The summed E-state index contributed by atoms with van der Waals surface area (Å²) in [4.78, 5) is 15.5. The predicted octanol–water partition coefficient (Wildman–Crippen LogP) is 12.9. The average molecular weight is 730 g/mol. The second-order valence-electron chi connectivity index (χ2n) is 14.7. The first-order valence-electron chi connectivity index (χ1n) is 19.2. The van der Waals surface area contributed by atoms with E-state index in [1.54, 1.807) is 0 Å². The van der Waals surface area contributed by atoms with Crippen LogP contribution < -0.4 is 4.74 Å². The third kappa shape index (κ3) is 4.66. The third-order valence-electron chi connectivity index (χ3n) is 11.6. The molecular weight excluding hydrogens is 699 g/mol. The van der Waals surface area contributed by atoms with Crippen molar-refractivity contribution in [2.45, 2.75) is 5.41 Å². The molecule has 0 bridgehead atoms. The van der Waals surface area contributed by atoms with Crippen molar-refractivity contribution in [3.63, 3.8) is 0 Å². The normalized spacial score (nSPS) is 13.2. The fourth-order valence-corrected chi connectivity index (χ4v) is 9.13. The number of fused-ring (bicyclic) bond motifs is 13. The Morgan fingerprint density at radius 3 is 1.60 bits per heavy atom. The molecule has 0 atom stereocenters. The molecule has 8 aromatic carbocycles. The van der Waals surface area contributed by atoms with Crippen molar-refractivity contribution in [3.05, 3.63) is 210 Å². The van der Waals surface area contributed by atoms with Gasteiger partial charge in [-0.1, -0.05) is 158 Å². The van der Waals surface area contributed by atoms with Gasteiger partial charge in [-0.2, -0.15) is 0 Å². The van der Waals surface area contributed by atoms with Crippen molar-refractivity contribution in [2.75, 3.05) is 0 Å². The number of hydrogen-bond acceptors (Lipinski definition) is 5. The van der Waals surface area contributed by atoms with Crippen molar-refractivity contribution >= 4 is 21.9 Å². The van der Waals surface area contributed by atoms with E-state index in [1.165, 1.54) is 11.1 Å². The number of aromatic nitrogens is 3. The molecule has 0 amide bonds. The van der Waals surface area contributed by atoms with Gasteiger partial charge in [0, 0.05) is 38.6 Å². The molecule has 1 aliphatic carbocycles. The van der Waals surface area contributed by atoms with Crippen LogP contribution in [0, 0.1) is 0 Å². The van der Waals surface area contributed by atoms with Crippen molar-refractivity contribution in [2.24, 2.45) is 0 Å². The van der Waals surface area contributed by atoms with E-state index in [-0.39, 0.29) is 0 Å². The summed E-state index contributed by atoms with van der Waals surface area (Å²) in [5, 5.41) is 2.21. The third-order valence-corrected chi connectivity index (χ3v) is 11.6. The van der Waals surface area contributed by atoms with E-state index >= 15 is 0 Å². The zero-order valence-corrected chi connectivity index (χ0v) is 30.6. The van der Waals surface area contributed by atoms with Crippen LogP contribution in [0.3, 0.4) is 0 Å². The standard InChI is InChI=1S/C52H31N3O2/c1-3-13-32(14-4-1)33-23-25-35(26-24-33)50-53-49(34-15-5-2-6-16-34)54-51(55-50)36-27-28-37-42(31-36)52(39-18-8-11-21-44(39)57-45-22-12-9-19-40(45)52)41-29-30-46-48(47(37)41)38-17-7-10-20-43(38)56-46/h1-31H. The van der Waals surface area contributed by atoms with E-state index in [0.29, 0.717) is 17.5 Å². The smallest absolute Gasteiger partial charge is 0.164 e. The zero-order valence-electron chi connectivity index (χ0n) is 30.6. The Morgan fingerprint density at radius 2 is 0.895 bits per heavy atom. The molecule has 0 unspecified atom stereocenters. The first kappa shape index (κ1) is 31.7. The summed E-state index contributed by atoms with van der Waals surface area (Å²) in [5.74, 6) is 3.52. The van der Waals surface area contributed by atoms with Gasteiger partial charge in [-0.15, -0.1) is 0 Å². The number of nitrogens with zero attached hydrogens (tertiary/aromatic N) is 3. The minimum absolute atomic E-state index is 0.604. The Hall–Kier alpha value is -7.63. The molecule has 2 aliphatic rings.